The summed E-state index contributed by atoms with van der Waals surface area (Å²) in [5.74, 6) is -0.887. The number of benzene rings is 1. The Morgan fingerprint density at radius 1 is 1.36 bits per heavy atom. The van der Waals surface area contributed by atoms with Crippen LogP contribution in [-0.2, 0) is 0 Å². The molecule has 0 spiro atoms. The van der Waals surface area contributed by atoms with Crippen molar-refractivity contribution >= 4 is 23.5 Å². The van der Waals surface area contributed by atoms with E-state index >= 15 is 0 Å². The first-order valence-corrected chi connectivity index (χ1v) is 10.8. The van der Waals surface area contributed by atoms with Crippen molar-refractivity contribution < 1.29 is 19.1 Å². The highest BCUT2D eigenvalue weighted by atomic mass is 19.1. The van der Waals surface area contributed by atoms with Crippen LogP contribution in [0.5, 0.6) is 0 Å². The van der Waals surface area contributed by atoms with Gasteiger partial charge in [0.2, 0.25) is 0 Å². The largest absolute Gasteiger partial charge is 0.465 e. The Kier molecular flexibility index (Phi) is 6.91. The first-order valence-electron chi connectivity index (χ1n) is 10.8. The van der Waals surface area contributed by atoms with E-state index in [-0.39, 0.29) is 41.2 Å². The number of halogens is 1. The normalized spacial score (nSPS) is 19.5. The number of nitrogens with zero attached hydrogens (tertiary/aromatic N) is 4. The van der Waals surface area contributed by atoms with Crippen molar-refractivity contribution in [3.05, 3.63) is 41.8 Å². The summed E-state index contributed by atoms with van der Waals surface area (Å²) in [6, 6.07) is 7.20. The average molecular weight is 457 g/mol. The SMILES string of the molecule is CC(C)(C)C1CC([C@@H](CC#N)n2cc(C(N)=O)c(Nc3ccc(F)cc3)n2)CCN1C(=O)O. The van der Waals surface area contributed by atoms with E-state index in [1.165, 1.54) is 35.4 Å². The molecule has 3 atom stereocenters. The van der Waals surface area contributed by atoms with Gasteiger partial charge < -0.3 is 21.1 Å². The van der Waals surface area contributed by atoms with E-state index in [2.05, 4.69) is 16.5 Å². The fraction of sp³-hybridized carbons (Fsp3) is 0.478. The minimum atomic E-state index is -0.953. The number of carbonyl (C=O) groups is 2. The molecule has 1 fully saturated rings. The number of piperidine rings is 1. The zero-order valence-corrected chi connectivity index (χ0v) is 19.0. The molecular formula is C23H29FN6O3. The van der Waals surface area contributed by atoms with Gasteiger partial charge in [-0.3, -0.25) is 9.48 Å². The van der Waals surface area contributed by atoms with Gasteiger partial charge in [0.25, 0.3) is 5.91 Å². The fourth-order valence-corrected chi connectivity index (χ4v) is 4.47. The number of aromatic nitrogens is 2. The van der Waals surface area contributed by atoms with Crippen LogP contribution in [0.1, 0.15) is 56.4 Å². The van der Waals surface area contributed by atoms with Crippen molar-refractivity contribution in [2.75, 3.05) is 11.9 Å². The molecule has 0 aliphatic carbocycles. The Morgan fingerprint density at radius 2 is 2.03 bits per heavy atom. The minimum absolute atomic E-state index is 0.0243. The molecule has 176 valence electrons. The third kappa shape index (κ3) is 5.42. The van der Waals surface area contributed by atoms with Gasteiger partial charge in [0.15, 0.2) is 5.82 Å². The van der Waals surface area contributed by atoms with E-state index in [4.69, 9.17) is 5.73 Å². The molecule has 9 nitrogen and oxygen atoms in total. The number of amides is 2. The standard InChI is InChI=1S/C23H29FN6O3/c1-23(2,3)19-12-14(9-11-29(19)22(32)33)18(8-10-25)30-13-17(20(26)31)21(28-30)27-16-6-4-15(24)5-7-16/h4-7,13-14,18-19H,8-9,11-12H2,1-3H3,(H2,26,31)(H,27,28)(H,32,33)/t14?,18-,19?/m1/s1. The van der Waals surface area contributed by atoms with Gasteiger partial charge in [-0.1, -0.05) is 20.8 Å². The summed E-state index contributed by atoms with van der Waals surface area (Å²) < 4.78 is 14.8. The molecular weight excluding hydrogens is 427 g/mol. The molecule has 1 aliphatic heterocycles. The molecule has 1 aromatic carbocycles. The average Bonchev–Trinajstić information content (AvgIpc) is 3.16. The molecule has 1 aliphatic rings. The number of rotatable bonds is 6. The van der Waals surface area contributed by atoms with Gasteiger partial charge in [0, 0.05) is 24.5 Å². The summed E-state index contributed by atoms with van der Waals surface area (Å²) in [7, 11) is 0. The van der Waals surface area contributed by atoms with Gasteiger partial charge in [0.05, 0.1) is 18.5 Å². The molecule has 2 aromatic rings. The summed E-state index contributed by atoms with van der Waals surface area (Å²) in [5, 5.41) is 26.7. The van der Waals surface area contributed by atoms with Gasteiger partial charge in [-0.05, 0) is 48.4 Å². The Labute approximate surface area is 192 Å². The summed E-state index contributed by atoms with van der Waals surface area (Å²) in [6.45, 7) is 6.35. The number of hydrogen-bond acceptors (Lipinski definition) is 5. The maximum absolute atomic E-state index is 13.2. The quantitative estimate of drug-likeness (QED) is 0.598. The Morgan fingerprint density at radius 3 is 2.58 bits per heavy atom. The van der Waals surface area contributed by atoms with Crippen LogP contribution >= 0.6 is 0 Å². The van der Waals surface area contributed by atoms with Crippen molar-refractivity contribution in [1.29, 1.82) is 5.26 Å². The van der Waals surface area contributed by atoms with Crippen LogP contribution in [0.15, 0.2) is 30.5 Å². The third-order valence-corrected chi connectivity index (χ3v) is 6.18. The lowest BCUT2D eigenvalue weighted by atomic mass is 9.74. The Hall–Kier alpha value is -3.61. The second-order valence-corrected chi connectivity index (χ2v) is 9.44. The molecule has 2 amide bonds. The number of carbonyl (C=O) groups excluding carboxylic acids is 1. The highest BCUT2D eigenvalue weighted by Crippen LogP contribution is 2.40. The Balaban J connectivity index is 1.93. The van der Waals surface area contributed by atoms with E-state index in [0.717, 1.165) is 0 Å². The second-order valence-electron chi connectivity index (χ2n) is 9.44. The van der Waals surface area contributed by atoms with Crippen molar-refractivity contribution in [1.82, 2.24) is 14.7 Å². The minimum Gasteiger partial charge on any atom is -0.465 e. The van der Waals surface area contributed by atoms with Crippen molar-refractivity contribution in [3.63, 3.8) is 0 Å². The molecule has 0 saturated carbocycles. The lowest BCUT2D eigenvalue weighted by Gasteiger charge is -2.46. The lowest BCUT2D eigenvalue weighted by Crippen LogP contribution is -2.52. The topological polar surface area (TPSA) is 137 Å². The number of nitrogens with two attached hydrogens (primary N) is 1. The highest BCUT2D eigenvalue weighted by Gasteiger charge is 2.41. The van der Waals surface area contributed by atoms with Crippen LogP contribution in [0.25, 0.3) is 0 Å². The molecule has 33 heavy (non-hydrogen) atoms. The van der Waals surface area contributed by atoms with Crippen LogP contribution in [-0.4, -0.2) is 44.4 Å². The molecule has 10 heteroatoms. The maximum atomic E-state index is 13.2. The molecule has 0 bridgehead atoms. The van der Waals surface area contributed by atoms with E-state index < -0.39 is 17.8 Å². The predicted octanol–water partition coefficient (Wildman–Crippen LogP) is 4.12. The first-order chi connectivity index (χ1) is 15.5. The first kappa shape index (κ1) is 24.0. The van der Waals surface area contributed by atoms with Crippen molar-refractivity contribution in [2.24, 2.45) is 17.1 Å². The molecule has 4 N–H and O–H groups in total. The highest BCUT2D eigenvalue weighted by molar-refractivity contribution is 5.98. The van der Waals surface area contributed by atoms with Gasteiger partial charge in [-0.15, -0.1) is 0 Å². The van der Waals surface area contributed by atoms with Crippen LogP contribution in [0.3, 0.4) is 0 Å². The molecule has 0 radical (unpaired) electrons. The van der Waals surface area contributed by atoms with E-state index in [9.17, 15) is 24.3 Å². The smallest absolute Gasteiger partial charge is 0.407 e. The molecule has 1 saturated heterocycles. The van der Waals surface area contributed by atoms with E-state index in [1.807, 2.05) is 20.8 Å². The van der Waals surface area contributed by atoms with Gasteiger partial charge in [0.1, 0.15) is 11.4 Å². The van der Waals surface area contributed by atoms with Gasteiger partial charge in [-0.25, -0.2) is 9.18 Å². The number of hydrogen-bond donors (Lipinski definition) is 3. The van der Waals surface area contributed by atoms with E-state index in [1.54, 1.807) is 4.68 Å². The zero-order chi connectivity index (χ0) is 24.3. The number of carboxylic acid groups (broad SMARTS) is 1. The van der Waals surface area contributed by atoms with E-state index in [0.29, 0.717) is 25.1 Å². The number of primary amides is 1. The number of likely N-dealkylation sites (tertiary alicyclic amines) is 1. The summed E-state index contributed by atoms with van der Waals surface area (Å²) in [6.07, 6.45) is 1.84. The Bertz CT molecular complexity index is 1050. The zero-order valence-electron chi connectivity index (χ0n) is 19.0. The monoisotopic (exact) mass is 456 g/mol. The summed E-state index contributed by atoms with van der Waals surface area (Å²) in [4.78, 5) is 25.3. The van der Waals surface area contributed by atoms with Crippen molar-refractivity contribution in [3.8, 4) is 6.07 Å². The number of nitriles is 1. The molecule has 1 aromatic heterocycles. The molecule has 2 unspecified atom stereocenters. The van der Waals surface area contributed by atoms with Crippen LogP contribution in [0.2, 0.25) is 0 Å². The third-order valence-electron chi connectivity index (χ3n) is 6.18. The van der Waals surface area contributed by atoms with Crippen LogP contribution in [0.4, 0.5) is 20.7 Å². The fourth-order valence-electron chi connectivity index (χ4n) is 4.47. The maximum Gasteiger partial charge on any atom is 0.407 e. The second kappa shape index (κ2) is 9.48. The molecule has 3 rings (SSSR count). The number of nitrogens with one attached hydrogen (secondary N) is 1. The van der Waals surface area contributed by atoms with Gasteiger partial charge in [-0.2, -0.15) is 10.4 Å². The predicted molar refractivity (Wildman–Crippen MR) is 120 cm³/mol. The lowest BCUT2D eigenvalue weighted by molar-refractivity contribution is 0.0282. The van der Waals surface area contributed by atoms with Crippen LogP contribution < -0.4 is 11.1 Å². The van der Waals surface area contributed by atoms with Crippen molar-refractivity contribution in [2.45, 2.75) is 52.1 Å². The van der Waals surface area contributed by atoms with Gasteiger partial charge >= 0.3 is 6.09 Å². The number of anilines is 2. The molecule has 2 heterocycles. The summed E-state index contributed by atoms with van der Waals surface area (Å²) >= 11 is 0. The summed E-state index contributed by atoms with van der Waals surface area (Å²) in [5.41, 5.74) is 5.96. The van der Waals surface area contributed by atoms with Crippen LogP contribution in [0, 0.1) is 28.5 Å².